The predicted octanol–water partition coefficient (Wildman–Crippen LogP) is -0.838. The van der Waals surface area contributed by atoms with Gasteiger partial charge in [-0.25, -0.2) is 22.7 Å². The van der Waals surface area contributed by atoms with Crippen molar-refractivity contribution in [1.82, 2.24) is 14.6 Å². The van der Waals surface area contributed by atoms with Crippen LogP contribution >= 0.6 is 0 Å². The minimum Gasteiger partial charge on any atom is -0.408 e. The Morgan fingerprint density at radius 2 is 2.14 bits per heavy atom. The minimum atomic E-state index is -3.74. The summed E-state index contributed by atoms with van der Waals surface area (Å²) in [6, 6.07) is 3.10. The first kappa shape index (κ1) is 13.6. The number of aromatic nitrogens is 1. The van der Waals surface area contributed by atoms with Gasteiger partial charge in [0.05, 0.1) is 16.5 Å². The zero-order valence-electron chi connectivity index (χ0n) is 10.7. The molecule has 1 aliphatic rings. The van der Waals surface area contributed by atoms with Crippen LogP contribution in [0.25, 0.3) is 11.1 Å². The van der Waals surface area contributed by atoms with Crippen molar-refractivity contribution >= 4 is 27.2 Å². The molecule has 2 amide bonds. The number of nitrogens with two attached hydrogens (primary N) is 1. The number of nitrogens with zero attached hydrogens (tertiary/aromatic N) is 1. The lowest BCUT2D eigenvalue weighted by Crippen LogP contribution is -2.62. The zero-order valence-corrected chi connectivity index (χ0v) is 11.5. The van der Waals surface area contributed by atoms with Crippen LogP contribution in [-0.4, -0.2) is 43.5 Å². The van der Waals surface area contributed by atoms with Gasteiger partial charge in [-0.05, 0) is 18.2 Å². The van der Waals surface area contributed by atoms with E-state index in [1.165, 1.54) is 23.1 Å². The van der Waals surface area contributed by atoms with E-state index in [4.69, 9.17) is 10.2 Å². The summed E-state index contributed by atoms with van der Waals surface area (Å²) >= 11 is 0. The van der Waals surface area contributed by atoms with E-state index in [0.29, 0.717) is 5.52 Å². The maximum Gasteiger partial charge on any atom is 0.417 e. The molecule has 112 valence electrons. The van der Waals surface area contributed by atoms with E-state index in [0.717, 1.165) is 0 Å². The van der Waals surface area contributed by atoms with Crippen LogP contribution in [0.4, 0.5) is 4.79 Å². The molecule has 4 N–H and O–H groups in total. The molecule has 2 heterocycles. The van der Waals surface area contributed by atoms with E-state index in [-0.39, 0.29) is 29.6 Å². The number of urea groups is 1. The molecule has 0 unspecified atom stereocenters. The molecule has 0 bridgehead atoms. The molecule has 1 fully saturated rings. The molecule has 3 rings (SSSR count). The summed E-state index contributed by atoms with van der Waals surface area (Å²) in [6.07, 6.45) is 0. The molecule has 0 atom stereocenters. The molecule has 0 radical (unpaired) electrons. The van der Waals surface area contributed by atoms with Crippen LogP contribution in [-0.2, 0) is 10.0 Å². The molecule has 2 aromatic rings. The standard InChI is InChI=1S/C11H12N4O5S/c12-10(16)15-4-6(5-15)14-21(18,19)7-1-2-9-8(3-7)13-11(17)20-9/h1-3,6,14H,4-5H2,(H2,12,16)(H,13,17). The molecule has 10 heteroatoms. The molecule has 9 nitrogen and oxygen atoms in total. The highest BCUT2D eigenvalue weighted by atomic mass is 32.2. The molecule has 1 saturated heterocycles. The Bertz CT molecular complexity index is 862. The number of hydrogen-bond donors (Lipinski definition) is 3. The van der Waals surface area contributed by atoms with Crippen molar-refractivity contribution in [2.45, 2.75) is 10.9 Å². The number of benzene rings is 1. The third kappa shape index (κ3) is 2.50. The maximum absolute atomic E-state index is 12.2. The second kappa shape index (κ2) is 4.60. The van der Waals surface area contributed by atoms with Crippen LogP contribution in [0.2, 0.25) is 0 Å². The fourth-order valence-electron chi connectivity index (χ4n) is 2.12. The summed E-state index contributed by atoms with van der Waals surface area (Å²) in [5, 5.41) is 0. The van der Waals surface area contributed by atoms with Crippen LogP contribution in [0.15, 0.2) is 32.3 Å². The molecule has 1 aromatic heterocycles. The van der Waals surface area contributed by atoms with E-state index in [9.17, 15) is 18.0 Å². The molecule has 1 aromatic carbocycles. The van der Waals surface area contributed by atoms with Gasteiger partial charge in [-0.3, -0.25) is 4.98 Å². The van der Waals surface area contributed by atoms with Gasteiger partial charge >= 0.3 is 11.8 Å². The van der Waals surface area contributed by atoms with Gasteiger partial charge in [0.1, 0.15) is 0 Å². The fourth-order valence-corrected chi connectivity index (χ4v) is 3.36. The van der Waals surface area contributed by atoms with Gasteiger partial charge in [0.25, 0.3) is 0 Å². The number of sulfonamides is 1. The van der Waals surface area contributed by atoms with Gasteiger partial charge in [0.15, 0.2) is 5.58 Å². The molecule has 0 spiro atoms. The number of hydrogen-bond acceptors (Lipinski definition) is 5. The average molecular weight is 312 g/mol. The van der Waals surface area contributed by atoms with Gasteiger partial charge in [-0.1, -0.05) is 0 Å². The lowest BCUT2D eigenvalue weighted by atomic mass is 10.1. The highest BCUT2D eigenvalue weighted by Crippen LogP contribution is 2.18. The summed E-state index contributed by atoms with van der Waals surface area (Å²) in [5.41, 5.74) is 5.65. The first-order valence-corrected chi connectivity index (χ1v) is 7.53. The number of amides is 2. The molecule has 0 saturated carbocycles. The largest absolute Gasteiger partial charge is 0.417 e. The smallest absolute Gasteiger partial charge is 0.408 e. The second-order valence-electron chi connectivity index (χ2n) is 4.73. The minimum absolute atomic E-state index is 0.00424. The number of oxazole rings is 1. The number of nitrogens with one attached hydrogen (secondary N) is 2. The monoisotopic (exact) mass is 312 g/mol. The van der Waals surface area contributed by atoms with E-state index in [2.05, 4.69) is 9.71 Å². The first-order valence-electron chi connectivity index (χ1n) is 6.05. The van der Waals surface area contributed by atoms with Crippen molar-refractivity contribution in [2.75, 3.05) is 13.1 Å². The Morgan fingerprint density at radius 1 is 1.43 bits per heavy atom. The van der Waals surface area contributed by atoms with Crippen LogP contribution in [0.1, 0.15) is 0 Å². The average Bonchev–Trinajstić information content (AvgIpc) is 2.71. The molecule has 1 aliphatic heterocycles. The van der Waals surface area contributed by atoms with Gasteiger partial charge < -0.3 is 15.1 Å². The topological polar surface area (TPSA) is 138 Å². The van der Waals surface area contributed by atoms with E-state index >= 15 is 0 Å². The quantitative estimate of drug-likeness (QED) is 0.678. The van der Waals surface area contributed by atoms with Crippen molar-refractivity contribution in [3.05, 3.63) is 28.7 Å². The van der Waals surface area contributed by atoms with Gasteiger partial charge in [-0.2, -0.15) is 0 Å². The summed E-state index contributed by atoms with van der Waals surface area (Å²) in [7, 11) is -3.74. The molecular weight excluding hydrogens is 300 g/mol. The zero-order chi connectivity index (χ0) is 15.2. The third-order valence-corrected chi connectivity index (χ3v) is 4.73. The first-order chi connectivity index (χ1) is 9.85. The number of primary amides is 1. The maximum atomic E-state index is 12.2. The van der Waals surface area contributed by atoms with Crippen molar-refractivity contribution in [2.24, 2.45) is 5.73 Å². The van der Waals surface area contributed by atoms with E-state index < -0.39 is 21.8 Å². The van der Waals surface area contributed by atoms with Crippen molar-refractivity contribution in [1.29, 1.82) is 0 Å². The number of rotatable bonds is 3. The van der Waals surface area contributed by atoms with E-state index in [1.807, 2.05) is 0 Å². The lowest BCUT2D eigenvalue weighted by molar-refractivity contribution is 0.155. The number of carbonyl (C=O) groups excluding carboxylic acids is 1. The Morgan fingerprint density at radius 3 is 2.81 bits per heavy atom. The molecule has 0 aliphatic carbocycles. The van der Waals surface area contributed by atoms with Crippen molar-refractivity contribution in [3.63, 3.8) is 0 Å². The number of likely N-dealkylation sites (tertiary alicyclic amines) is 1. The van der Waals surface area contributed by atoms with Crippen molar-refractivity contribution < 1.29 is 17.6 Å². The fraction of sp³-hybridized carbons (Fsp3) is 0.273. The number of H-pyrrole nitrogens is 1. The van der Waals surface area contributed by atoms with Crippen molar-refractivity contribution in [3.8, 4) is 0 Å². The Balaban J connectivity index is 1.80. The summed E-state index contributed by atoms with van der Waals surface area (Å²) in [5.74, 6) is -0.649. The Hall–Kier alpha value is -2.33. The van der Waals surface area contributed by atoms with Gasteiger partial charge in [-0.15, -0.1) is 0 Å². The Kier molecular flexibility index (Phi) is 2.99. The molecular formula is C11H12N4O5S. The predicted molar refractivity (Wildman–Crippen MR) is 72.1 cm³/mol. The Labute approximate surface area is 118 Å². The summed E-state index contributed by atoms with van der Waals surface area (Å²) in [6.45, 7) is 0.471. The van der Waals surface area contributed by atoms with Crippen LogP contribution in [0, 0.1) is 0 Å². The SMILES string of the molecule is NC(=O)N1CC(NS(=O)(=O)c2ccc3oc(=O)[nH]c3c2)C1. The number of fused-ring (bicyclic) bond motifs is 1. The van der Waals surface area contributed by atoms with Crippen LogP contribution in [0.5, 0.6) is 0 Å². The number of aromatic amines is 1. The van der Waals surface area contributed by atoms with Crippen LogP contribution in [0.3, 0.4) is 0 Å². The normalized spacial score (nSPS) is 16.1. The lowest BCUT2D eigenvalue weighted by Gasteiger charge is -2.37. The van der Waals surface area contributed by atoms with Crippen LogP contribution < -0.4 is 16.2 Å². The second-order valence-corrected chi connectivity index (χ2v) is 6.45. The molecule has 21 heavy (non-hydrogen) atoms. The van der Waals surface area contributed by atoms with Gasteiger partial charge in [0.2, 0.25) is 10.0 Å². The highest BCUT2D eigenvalue weighted by molar-refractivity contribution is 7.89. The van der Waals surface area contributed by atoms with E-state index in [1.54, 1.807) is 0 Å². The number of carbonyl (C=O) groups is 1. The third-order valence-electron chi connectivity index (χ3n) is 3.22. The highest BCUT2D eigenvalue weighted by Gasteiger charge is 2.32. The summed E-state index contributed by atoms with van der Waals surface area (Å²) in [4.78, 5) is 25.6. The van der Waals surface area contributed by atoms with Gasteiger partial charge in [0, 0.05) is 13.1 Å². The summed E-state index contributed by atoms with van der Waals surface area (Å²) < 4.78 is 31.7.